The van der Waals surface area contributed by atoms with Crippen molar-refractivity contribution in [1.82, 2.24) is 4.98 Å². The molecule has 0 atom stereocenters. The van der Waals surface area contributed by atoms with Gasteiger partial charge in [0.2, 0.25) is 5.88 Å². The van der Waals surface area contributed by atoms with Gasteiger partial charge in [-0.3, -0.25) is 0 Å². The number of aromatic nitrogens is 1. The third kappa shape index (κ3) is 3.79. The Balaban J connectivity index is 2.38. The minimum atomic E-state index is 0.345. The Kier molecular flexibility index (Phi) is 4.58. The van der Waals surface area contributed by atoms with Crippen LogP contribution < -0.4 is 10.5 Å². The number of thiocarbonyl (C=S) groups is 1. The maximum Gasteiger partial charge on any atom is 0.220 e. The number of nitrogens with zero attached hydrogens (tertiary/aromatic N) is 1. The van der Waals surface area contributed by atoms with E-state index < -0.39 is 0 Å². The van der Waals surface area contributed by atoms with Gasteiger partial charge in [0.25, 0.3) is 0 Å². The molecule has 2 aromatic rings. The van der Waals surface area contributed by atoms with Crippen LogP contribution in [0.15, 0.2) is 30.3 Å². The Labute approximate surface area is 131 Å². The number of aryl methyl sites for hydroxylation is 2. The quantitative estimate of drug-likeness (QED) is 0.858. The summed E-state index contributed by atoms with van der Waals surface area (Å²) in [6.07, 6.45) is 0. The van der Waals surface area contributed by atoms with Gasteiger partial charge in [0.15, 0.2) is 0 Å². The van der Waals surface area contributed by atoms with Crippen molar-refractivity contribution >= 4 is 17.2 Å². The van der Waals surface area contributed by atoms with E-state index in [-0.39, 0.29) is 0 Å². The van der Waals surface area contributed by atoms with E-state index in [9.17, 15) is 0 Å². The van der Waals surface area contributed by atoms with Crippen molar-refractivity contribution < 1.29 is 4.74 Å². The molecule has 0 bridgehead atoms. The van der Waals surface area contributed by atoms with Gasteiger partial charge >= 0.3 is 0 Å². The molecule has 1 aromatic heterocycles. The lowest BCUT2D eigenvalue weighted by Gasteiger charge is -2.13. The zero-order valence-electron chi connectivity index (χ0n) is 12.8. The van der Waals surface area contributed by atoms with Crippen molar-refractivity contribution in [2.45, 2.75) is 33.6 Å². The molecule has 21 heavy (non-hydrogen) atoms. The van der Waals surface area contributed by atoms with E-state index in [2.05, 4.69) is 37.0 Å². The third-order valence-electron chi connectivity index (χ3n) is 3.31. The SMILES string of the molecule is Cc1cc(C(N)=S)cc(Oc2cc(C(C)C)ccc2C)n1. The van der Waals surface area contributed by atoms with Crippen molar-refractivity contribution in [1.29, 1.82) is 0 Å². The van der Waals surface area contributed by atoms with Crippen LogP contribution in [0.1, 0.15) is 42.1 Å². The lowest BCUT2D eigenvalue weighted by molar-refractivity contribution is 0.457. The summed E-state index contributed by atoms with van der Waals surface area (Å²) in [6.45, 7) is 8.23. The normalized spacial score (nSPS) is 10.7. The molecule has 4 heteroatoms. The molecule has 0 aliphatic carbocycles. The lowest BCUT2D eigenvalue weighted by atomic mass is 10.0. The molecule has 0 saturated heterocycles. The first kappa shape index (κ1) is 15.4. The first-order valence-corrected chi connectivity index (χ1v) is 7.34. The first-order valence-electron chi connectivity index (χ1n) is 6.93. The van der Waals surface area contributed by atoms with Crippen molar-refractivity contribution in [2.75, 3.05) is 0 Å². The van der Waals surface area contributed by atoms with Gasteiger partial charge in [-0.2, -0.15) is 0 Å². The zero-order chi connectivity index (χ0) is 15.6. The summed E-state index contributed by atoms with van der Waals surface area (Å²) in [4.78, 5) is 4.74. The number of nitrogens with two attached hydrogens (primary N) is 1. The second-order valence-corrected chi connectivity index (χ2v) is 5.92. The van der Waals surface area contributed by atoms with Gasteiger partial charge in [-0.05, 0) is 43.0 Å². The molecule has 3 nitrogen and oxygen atoms in total. The van der Waals surface area contributed by atoms with Crippen LogP contribution in [0, 0.1) is 13.8 Å². The number of benzene rings is 1. The Morgan fingerprint density at radius 3 is 2.52 bits per heavy atom. The molecule has 0 fully saturated rings. The third-order valence-corrected chi connectivity index (χ3v) is 3.54. The van der Waals surface area contributed by atoms with Crippen LogP contribution in [0.4, 0.5) is 0 Å². The number of pyridine rings is 1. The summed E-state index contributed by atoms with van der Waals surface area (Å²) < 4.78 is 5.95. The summed E-state index contributed by atoms with van der Waals surface area (Å²) in [5, 5.41) is 0. The highest BCUT2D eigenvalue weighted by Gasteiger charge is 2.09. The Bertz CT molecular complexity index is 680. The number of hydrogen-bond acceptors (Lipinski definition) is 3. The molecule has 0 radical (unpaired) electrons. The maximum atomic E-state index is 5.95. The van der Waals surface area contributed by atoms with E-state index >= 15 is 0 Å². The van der Waals surface area contributed by atoms with Crippen molar-refractivity contribution in [3.05, 3.63) is 52.7 Å². The average molecular weight is 300 g/mol. The molecule has 0 aliphatic heterocycles. The van der Waals surface area contributed by atoms with Crippen LogP contribution in [0.2, 0.25) is 0 Å². The number of ether oxygens (including phenoxy) is 1. The van der Waals surface area contributed by atoms with Gasteiger partial charge in [0, 0.05) is 17.3 Å². The van der Waals surface area contributed by atoms with Crippen molar-refractivity contribution in [2.24, 2.45) is 5.73 Å². The maximum absolute atomic E-state index is 5.95. The number of hydrogen-bond donors (Lipinski definition) is 1. The smallest absolute Gasteiger partial charge is 0.220 e. The van der Waals surface area contributed by atoms with E-state index in [0.29, 0.717) is 16.8 Å². The van der Waals surface area contributed by atoms with Gasteiger partial charge in [0.1, 0.15) is 10.7 Å². The fourth-order valence-corrected chi connectivity index (χ4v) is 2.15. The van der Waals surface area contributed by atoms with E-state index in [1.165, 1.54) is 5.56 Å². The van der Waals surface area contributed by atoms with Crippen LogP contribution in [-0.4, -0.2) is 9.97 Å². The largest absolute Gasteiger partial charge is 0.439 e. The fourth-order valence-electron chi connectivity index (χ4n) is 2.03. The average Bonchev–Trinajstić information content (AvgIpc) is 2.40. The van der Waals surface area contributed by atoms with Crippen LogP contribution in [0.5, 0.6) is 11.6 Å². The molecular weight excluding hydrogens is 280 g/mol. The second-order valence-electron chi connectivity index (χ2n) is 5.48. The van der Waals surface area contributed by atoms with Crippen LogP contribution in [0.25, 0.3) is 0 Å². The molecule has 0 spiro atoms. The Morgan fingerprint density at radius 2 is 1.90 bits per heavy atom. The lowest BCUT2D eigenvalue weighted by Crippen LogP contribution is -2.10. The molecule has 1 heterocycles. The monoisotopic (exact) mass is 300 g/mol. The van der Waals surface area contributed by atoms with Crippen LogP contribution in [-0.2, 0) is 0 Å². The summed E-state index contributed by atoms with van der Waals surface area (Å²) >= 11 is 5.02. The van der Waals surface area contributed by atoms with Gasteiger partial charge < -0.3 is 10.5 Å². The predicted molar refractivity (Wildman–Crippen MR) is 90.2 cm³/mol. The summed E-state index contributed by atoms with van der Waals surface area (Å²) in [7, 11) is 0. The van der Waals surface area contributed by atoms with Gasteiger partial charge in [-0.15, -0.1) is 0 Å². The van der Waals surface area contributed by atoms with E-state index in [1.54, 1.807) is 6.07 Å². The molecule has 2 rings (SSSR count). The Morgan fingerprint density at radius 1 is 1.19 bits per heavy atom. The molecule has 0 unspecified atom stereocenters. The molecular formula is C17H20N2OS. The van der Waals surface area contributed by atoms with Crippen molar-refractivity contribution in [3.63, 3.8) is 0 Å². The molecule has 110 valence electrons. The highest BCUT2D eigenvalue weighted by atomic mass is 32.1. The Hall–Kier alpha value is -1.94. The summed E-state index contributed by atoms with van der Waals surface area (Å²) in [5.74, 6) is 1.78. The summed E-state index contributed by atoms with van der Waals surface area (Å²) in [5.41, 5.74) is 9.59. The van der Waals surface area contributed by atoms with Gasteiger partial charge in [-0.25, -0.2) is 4.98 Å². The van der Waals surface area contributed by atoms with Crippen LogP contribution >= 0.6 is 12.2 Å². The predicted octanol–water partition coefficient (Wildman–Crippen LogP) is 4.25. The molecule has 1 aromatic carbocycles. The van der Waals surface area contributed by atoms with E-state index in [4.69, 9.17) is 22.7 Å². The summed E-state index contributed by atoms with van der Waals surface area (Å²) in [6, 6.07) is 9.87. The number of rotatable bonds is 4. The van der Waals surface area contributed by atoms with E-state index in [0.717, 1.165) is 22.6 Å². The van der Waals surface area contributed by atoms with Crippen molar-refractivity contribution in [3.8, 4) is 11.6 Å². The minimum Gasteiger partial charge on any atom is -0.439 e. The van der Waals surface area contributed by atoms with Gasteiger partial charge in [0.05, 0.1) is 0 Å². The second kappa shape index (κ2) is 6.22. The standard InChI is InChI=1S/C17H20N2OS/c1-10(2)13-6-5-11(3)15(8-13)20-16-9-14(17(18)21)7-12(4)19-16/h5-10H,1-4H3,(H2,18,21). The first-order chi connectivity index (χ1) is 9.86. The topological polar surface area (TPSA) is 48.1 Å². The van der Waals surface area contributed by atoms with E-state index in [1.807, 2.05) is 19.9 Å². The van der Waals surface area contributed by atoms with Gasteiger partial charge in [-0.1, -0.05) is 38.2 Å². The molecule has 0 saturated carbocycles. The molecule has 0 amide bonds. The highest BCUT2D eigenvalue weighted by Crippen LogP contribution is 2.28. The van der Waals surface area contributed by atoms with Crippen LogP contribution in [0.3, 0.4) is 0 Å². The molecule has 2 N–H and O–H groups in total. The highest BCUT2D eigenvalue weighted by molar-refractivity contribution is 7.80. The minimum absolute atomic E-state index is 0.345. The molecule has 0 aliphatic rings. The zero-order valence-corrected chi connectivity index (χ0v) is 13.6. The fraction of sp³-hybridized carbons (Fsp3) is 0.294.